The molecule has 0 spiro atoms. The number of hydrogen-bond donors (Lipinski definition) is 0. The van der Waals surface area contributed by atoms with Gasteiger partial charge in [0.15, 0.2) is 6.29 Å². The third-order valence-corrected chi connectivity index (χ3v) is 5.35. The van der Waals surface area contributed by atoms with Crippen molar-refractivity contribution in [3.05, 3.63) is 102 Å². The van der Waals surface area contributed by atoms with E-state index in [4.69, 9.17) is 14.2 Å². The molecule has 0 aromatic heterocycles. The van der Waals surface area contributed by atoms with Crippen LogP contribution in [0, 0.1) is 0 Å². The summed E-state index contributed by atoms with van der Waals surface area (Å²) in [6, 6.07) is 16.5. The standard InChI is InChI=1S/C30H30O5/c1-4-15-33-26-11-8-23(9-12-26)30-24(21-32)10-14-29(35-17-6-3)27(30)19-25-18-22(20-31)7-13-28(25)34-16-5-2/h5-14,18,20-21H,2-4,15-17,19H2,1H3. The van der Waals surface area contributed by atoms with Crippen LogP contribution in [0.3, 0.4) is 0 Å². The van der Waals surface area contributed by atoms with Crippen LogP contribution in [-0.2, 0) is 6.42 Å². The minimum Gasteiger partial charge on any atom is -0.494 e. The summed E-state index contributed by atoms with van der Waals surface area (Å²) in [7, 11) is 0. The van der Waals surface area contributed by atoms with Crippen LogP contribution in [0.2, 0.25) is 0 Å². The van der Waals surface area contributed by atoms with Crippen molar-refractivity contribution in [1.82, 2.24) is 0 Å². The summed E-state index contributed by atoms with van der Waals surface area (Å²) < 4.78 is 17.6. The Balaban J connectivity index is 2.16. The molecule has 0 bridgehead atoms. The van der Waals surface area contributed by atoms with Gasteiger partial charge in [0, 0.05) is 23.1 Å². The second-order valence-electron chi connectivity index (χ2n) is 7.86. The molecule has 3 aromatic carbocycles. The van der Waals surface area contributed by atoms with Crippen LogP contribution in [0.5, 0.6) is 17.2 Å². The Labute approximate surface area is 206 Å². The predicted octanol–water partition coefficient (Wildman–Crippen LogP) is 6.49. The molecule has 0 radical (unpaired) electrons. The van der Waals surface area contributed by atoms with Crippen LogP contribution in [0.4, 0.5) is 0 Å². The molecule has 35 heavy (non-hydrogen) atoms. The molecule has 0 aliphatic carbocycles. The van der Waals surface area contributed by atoms with E-state index in [2.05, 4.69) is 20.1 Å². The SMILES string of the molecule is C=CCOc1ccc(C=O)cc1Cc1c(OCC=C)ccc(C=O)c1-c1ccc(OCCC)cc1. The topological polar surface area (TPSA) is 61.8 Å². The molecule has 0 amide bonds. The molecule has 180 valence electrons. The van der Waals surface area contributed by atoms with Gasteiger partial charge in [0.1, 0.15) is 36.7 Å². The van der Waals surface area contributed by atoms with Crippen molar-refractivity contribution in [3.63, 3.8) is 0 Å². The Bertz CT molecular complexity index is 1180. The maximum atomic E-state index is 12.1. The summed E-state index contributed by atoms with van der Waals surface area (Å²) in [6.45, 7) is 10.8. The van der Waals surface area contributed by atoms with Crippen LogP contribution >= 0.6 is 0 Å². The zero-order valence-electron chi connectivity index (χ0n) is 20.0. The summed E-state index contributed by atoms with van der Waals surface area (Å²) in [6.07, 6.45) is 6.27. The van der Waals surface area contributed by atoms with E-state index in [9.17, 15) is 9.59 Å². The lowest BCUT2D eigenvalue weighted by Gasteiger charge is -2.19. The highest BCUT2D eigenvalue weighted by Gasteiger charge is 2.19. The van der Waals surface area contributed by atoms with Gasteiger partial charge < -0.3 is 14.2 Å². The zero-order valence-corrected chi connectivity index (χ0v) is 20.0. The Morgan fingerprint density at radius 1 is 0.800 bits per heavy atom. The third-order valence-electron chi connectivity index (χ3n) is 5.35. The van der Waals surface area contributed by atoms with E-state index >= 15 is 0 Å². The molecule has 0 aliphatic rings. The molecule has 5 heteroatoms. The first-order chi connectivity index (χ1) is 17.1. The molecule has 0 fully saturated rings. The van der Waals surface area contributed by atoms with E-state index in [-0.39, 0.29) is 0 Å². The highest BCUT2D eigenvalue weighted by atomic mass is 16.5. The van der Waals surface area contributed by atoms with Gasteiger partial charge in [-0.05, 0) is 65.6 Å². The summed E-state index contributed by atoms with van der Waals surface area (Å²) >= 11 is 0. The average molecular weight is 471 g/mol. The lowest BCUT2D eigenvalue weighted by molar-refractivity contribution is 0.111. The van der Waals surface area contributed by atoms with Crippen LogP contribution < -0.4 is 14.2 Å². The smallest absolute Gasteiger partial charge is 0.150 e. The number of ether oxygens (including phenoxy) is 3. The van der Waals surface area contributed by atoms with Gasteiger partial charge in [-0.3, -0.25) is 9.59 Å². The van der Waals surface area contributed by atoms with Crippen LogP contribution in [-0.4, -0.2) is 32.4 Å². The van der Waals surface area contributed by atoms with Crippen LogP contribution in [0.15, 0.2) is 79.9 Å². The molecule has 0 saturated heterocycles. The molecular formula is C30H30O5. The summed E-state index contributed by atoms with van der Waals surface area (Å²) in [5, 5.41) is 0. The average Bonchev–Trinajstić information content (AvgIpc) is 2.90. The maximum absolute atomic E-state index is 12.1. The first-order valence-corrected chi connectivity index (χ1v) is 11.5. The Kier molecular flexibility index (Phi) is 9.43. The largest absolute Gasteiger partial charge is 0.494 e. The minimum absolute atomic E-state index is 0.310. The Hall–Kier alpha value is -4.12. The molecular weight excluding hydrogens is 440 g/mol. The highest BCUT2D eigenvalue weighted by molar-refractivity contribution is 5.90. The highest BCUT2D eigenvalue weighted by Crippen LogP contribution is 2.38. The van der Waals surface area contributed by atoms with E-state index in [1.807, 2.05) is 24.3 Å². The van der Waals surface area contributed by atoms with Crippen molar-refractivity contribution in [2.24, 2.45) is 0 Å². The van der Waals surface area contributed by atoms with Gasteiger partial charge in [-0.2, -0.15) is 0 Å². The van der Waals surface area contributed by atoms with Crippen molar-refractivity contribution < 1.29 is 23.8 Å². The molecule has 0 saturated carbocycles. The number of carbonyl (C=O) groups is 2. The van der Waals surface area contributed by atoms with E-state index < -0.39 is 0 Å². The molecule has 3 aromatic rings. The molecule has 0 unspecified atom stereocenters. The van der Waals surface area contributed by atoms with E-state index in [1.54, 1.807) is 42.5 Å². The van der Waals surface area contributed by atoms with Crippen molar-refractivity contribution in [2.45, 2.75) is 19.8 Å². The van der Waals surface area contributed by atoms with Gasteiger partial charge in [-0.15, -0.1) is 0 Å². The normalized spacial score (nSPS) is 10.3. The second-order valence-corrected chi connectivity index (χ2v) is 7.86. The van der Waals surface area contributed by atoms with Gasteiger partial charge in [0.2, 0.25) is 0 Å². The lowest BCUT2D eigenvalue weighted by atomic mass is 9.89. The van der Waals surface area contributed by atoms with Gasteiger partial charge >= 0.3 is 0 Å². The van der Waals surface area contributed by atoms with Gasteiger partial charge in [0.05, 0.1) is 6.61 Å². The summed E-state index contributed by atoms with van der Waals surface area (Å²) in [4.78, 5) is 23.6. The molecule has 0 aliphatic heterocycles. The molecule has 0 atom stereocenters. The second kappa shape index (κ2) is 12.9. The minimum atomic E-state index is 0.310. The number of aldehydes is 2. The van der Waals surface area contributed by atoms with E-state index in [0.29, 0.717) is 48.9 Å². The van der Waals surface area contributed by atoms with E-state index in [1.165, 1.54) is 0 Å². The number of benzene rings is 3. The Morgan fingerprint density at radius 3 is 2.11 bits per heavy atom. The van der Waals surface area contributed by atoms with Gasteiger partial charge in [0.25, 0.3) is 0 Å². The quantitative estimate of drug-likeness (QED) is 0.199. The summed E-state index contributed by atoms with van der Waals surface area (Å²) in [5.41, 5.74) is 4.29. The third kappa shape index (κ3) is 6.48. The maximum Gasteiger partial charge on any atom is 0.150 e. The van der Waals surface area contributed by atoms with Gasteiger partial charge in [-0.1, -0.05) is 44.4 Å². The fourth-order valence-electron chi connectivity index (χ4n) is 3.77. The first kappa shape index (κ1) is 25.5. The number of hydrogen-bond acceptors (Lipinski definition) is 5. The van der Waals surface area contributed by atoms with Gasteiger partial charge in [-0.25, -0.2) is 0 Å². The monoisotopic (exact) mass is 470 g/mol. The molecule has 0 heterocycles. The number of carbonyl (C=O) groups excluding carboxylic acids is 2. The van der Waals surface area contributed by atoms with Crippen molar-refractivity contribution >= 4 is 12.6 Å². The van der Waals surface area contributed by atoms with Crippen LogP contribution in [0.1, 0.15) is 45.2 Å². The fourth-order valence-corrected chi connectivity index (χ4v) is 3.77. The summed E-state index contributed by atoms with van der Waals surface area (Å²) in [5.74, 6) is 2.03. The predicted molar refractivity (Wildman–Crippen MR) is 139 cm³/mol. The fraction of sp³-hybridized carbons (Fsp3) is 0.200. The van der Waals surface area contributed by atoms with Crippen molar-refractivity contribution in [2.75, 3.05) is 19.8 Å². The number of rotatable bonds is 14. The van der Waals surface area contributed by atoms with Crippen LogP contribution in [0.25, 0.3) is 11.1 Å². The first-order valence-electron chi connectivity index (χ1n) is 11.5. The molecule has 5 nitrogen and oxygen atoms in total. The molecule has 3 rings (SSSR count). The zero-order chi connectivity index (χ0) is 25.0. The molecule has 0 N–H and O–H groups in total. The van der Waals surface area contributed by atoms with Crippen molar-refractivity contribution in [1.29, 1.82) is 0 Å². The van der Waals surface area contributed by atoms with E-state index in [0.717, 1.165) is 47.0 Å². The lowest BCUT2D eigenvalue weighted by Crippen LogP contribution is -2.05. The van der Waals surface area contributed by atoms with Crippen molar-refractivity contribution in [3.8, 4) is 28.4 Å². The Morgan fingerprint density at radius 2 is 1.49 bits per heavy atom.